The molecule has 4 nitrogen and oxygen atoms in total. The Balaban J connectivity index is 2.11. The first-order chi connectivity index (χ1) is 8.54. The predicted octanol–water partition coefficient (Wildman–Crippen LogP) is 2.31. The lowest BCUT2D eigenvalue weighted by atomic mass is 10.1. The fraction of sp³-hybridized carbons (Fsp3) is 0.500. The van der Waals surface area contributed by atoms with E-state index in [1.54, 1.807) is 18.2 Å². The third-order valence-corrected chi connectivity index (χ3v) is 3.75. The van der Waals surface area contributed by atoms with Crippen molar-refractivity contribution >= 4 is 19.7 Å². The van der Waals surface area contributed by atoms with Gasteiger partial charge in [-0.25, -0.2) is 8.42 Å². The van der Waals surface area contributed by atoms with E-state index < -0.39 is 9.05 Å². The van der Waals surface area contributed by atoms with Gasteiger partial charge in [0, 0.05) is 29.1 Å². The molecule has 1 aliphatic heterocycles. The molecule has 0 N–H and O–H groups in total. The normalized spacial score (nSPS) is 17.6. The van der Waals surface area contributed by atoms with Crippen molar-refractivity contribution in [3.8, 4) is 5.75 Å². The van der Waals surface area contributed by atoms with E-state index >= 15 is 0 Å². The summed E-state index contributed by atoms with van der Waals surface area (Å²) in [4.78, 5) is 0. The number of para-hydroxylation sites is 1. The van der Waals surface area contributed by atoms with E-state index in [4.69, 9.17) is 20.2 Å². The number of ether oxygens (including phenoxy) is 2. The van der Waals surface area contributed by atoms with Crippen molar-refractivity contribution in [3.05, 3.63) is 29.8 Å². The van der Waals surface area contributed by atoms with Crippen LogP contribution in [0.1, 0.15) is 18.4 Å². The van der Waals surface area contributed by atoms with Crippen LogP contribution in [0.5, 0.6) is 5.75 Å². The molecule has 0 aliphatic carbocycles. The van der Waals surface area contributed by atoms with Gasteiger partial charge in [0.15, 0.2) is 0 Å². The van der Waals surface area contributed by atoms with E-state index in [0.717, 1.165) is 12.8 Å². The molecule has 1 saturated heterocycles. The fourth-order valence-corrected chi connectivity index (χ4v) is 2.86. The van der Waals surface area contributed by atoms with Crippen LogP contribution in [0.2, 0.25) is 0 Å². The van der Waals surface area contributed by atoms with E-state index in [1.165, 1.54) is 0 Å². The fourth-order valence-electron chi connectivity index (χ4n) is 1.90. The van der Waals surface area contributed by atoms with Crippen LogP contribution in [0.15, 0.2) is 24.3 Å². The van der Waals surface area contributed by atoms with E-state index in [0.29, 0.717) is 24.5 Å². The molecule has 2 rings (SSSR count). The van der Waals surface area contributed by atoms with Crippen LogP contribution in [0.25, 0.3) is 0 Å². The van der Waals surface area contributed by atoms with Crippen molar-refractivity contribution in [2.45, 2.75) is 24.7 Å². The molecular weight excluding hydrogens is 276 g/mol. The van der Waals surface area contributed by atoms with Crippen molar-refractivity contribution in [1.29, 1.82) is 0 Å². The molecule has 1 aromatic carbocycles. The highest BCUT2D eigenvalue weighted by molar-refractivity contribution is 8.13. The van der Waals surface area contributed by atoms with Gasteiger partial charge >= 0.3 is 0 Å². The second-order valence-electron chi connectivity index (χ2n) is 4.22. The Bertz CT molecular complexity index is 495. The van der Waals surface area contributed by atoms with Crippen LogP contribution in [-0.4, -0.2) is 27.7 Å². The number of halogens is 1. The van der Waals surface area contributed by atoms with E-state index in [-0.39, 0.29) is 11.9 Å². The minimum atomic E-state index is -3.57. The lowest BCUT2D eigenvalue weighted by molar-refractivity contribution is 0.0252. The molecular formula is C12H15ClO4S. The monoisotopic (exact) mass is 290 g/mol. The minimum absolute atomic E-state index is 0.0814. The van der Waals surface area contributed by atoms with Crippen LogP contribution >= 0.6 is 10.7 Å². The second-order valence-corrected chi connectivity index (χ2v) is 7.00. The highest BCUT2D eigenvalue weighted by atomic mass is 35.7. The summed E-state index contributed by atoms with van der Waals surface area (Å²) in [5.41, 5.74) is 0.596. The van der Waals surface area contributed by atoms with E-state index in [9.17, 15) is 8.42 Å². The molecule has 0 unspecified atom stereocenters. The quantitative estimate of drug-likeness (QED) is 0.799. The Labute approximate surface area is 111 Å². The smallest absolute Gasteiger partial charge is 0.236 e. The average molecular weight is 291 g/mol. The zero-order valence-corrected chi connectivity index (χ0v) is 11.4. The van der Waals surface area contributed by atoms with Crippen LogP contribution in [0.3, 0.4) is 0 Å². The molecule has 0 bridgehead atoms. The van der Waals surface area contributed by atoms with Crippen LogP contribution in [0.4, 0.5) is 0 Å². The molecule has 0 saturated carbocycles. The second kappa shape index (κ2) is 5.91. The molecule has 1 aromatic rings. The highest BCUT2D eigenvalue weighted by Crippen LogP contribution is 2.25. The molecule has 6 heteroatoms. The Morgan fingerprint density at radius 3 is 2.61 bits per heavy atom. The van der Waals surface area contributed by atoms with E-state index in [2.05, 4.69) is 0 Å². The van der Waals surface area contributed by atoms with Gasteiger partial charge in [-0.3, -0.25) is 0 Å². The molecule has 1 fully saturated rings. The topological polar surface area (TPSA) is 52.6 Å². The van der Waals surface area contributed by atoms with Crippen LogP contribution < -0.4 is 4.74 Å². The summed E-state index contributed by atoms with van der Waals surface area (Å²) in [5.74, 6) is 0.377. The highest BCUT2D eigenvalue weighted by Gasteiger charge is 2.18. The third-order valence-electron chi connectivity index (χ3n) is 2.76. The van der Waals surface area contributed by atoms with Gasteiger partial charge < -0.3 is 9.47 Å². The summed E-state index contributed by atoms with van der Waals surface area (Å²) in [7, 11) is 1.71. The van der Waals surface area contributed by atoms with Gasteiger partial charge in [0.1, 0.15) is 11.9 Å². The Kier molecular flexibility index (Phi) is 4.48. The Morgan fingerprint density at radius 1 is 1.28 bits per heavy atom. The maximum absolute atomic E-state index is 11.1. The molecule has 1 aliphatic rings. The SMILES string of the molecule is O=S(=O)(Cl)Cc1ccccc1OC1CCOCC1. The molecule has 1 heterocycles. The zero-order valence-electron chi connectivity index (χ0n) is 9.84. The third kappa shape index (κ3) is 4.15. The van der Waals surface area contributed by atoms with Crippen molar-refractivity contribution in [1.82, 2.24) is 0 Å². The summed E-state index contributed by atoms with van der Waals surface area (Å²) in [6.45, 7) is 1.36. The number of hydrogen-bond acceptors (Lipinski definition) is 4. The molecule has 0 radical (unpaired) electrons. The average Bonchev–Trinajstić information content (AvgIpc) is 2.31. The van der Waals surface area contributed by atoms with Crippen molar-refractivity contribution in [3.63, 3.8) is 0 Å². The first-order valence-electron chi connectivity index (χ1n) is 5.79. The Morgan fingerprint density at radius 2 is 1.94 bits per heavy atom. The molecule has 0 aromatic heterocycles. The summed E-state index contributed by atoms with van der Waals surface area (Å²) < 4.78 is 33.4. The standard InChI is InChI=1S/C12H15ClO4S/c13-18(14,15)9-10-3-1-2-4-12(10)17-11-5-7-16-8-6-11/h1-4,11H,5-9H2. The van der Waals surface area contributed by atoms with Gasteiger partial charge in [0.2, 0.25) is 9.05 Å². The minimum Gasteiger partial charge on any atom is -0.490 e. The summed E-state index contributed by atoms with van der Waals surface area (Å²) in [6, 6.07) is 7.08. The first-order valence-corrected chi connectivity index (χ1v) is 8.27. The zero-order chi connectivity index (χ0) is 13.0. The van der Waals surface area contributed by atoms with Crippen molar-refractivity contribution in [2.75, 3.05) is 13.2 Å². The maximum atomic E-state index is 11.1. The van der Waals surface area contributed by atoms with Gasteiger partial charge in [0.05, 0.1) is 19.0 Å². The van der Waals surface area contributed by atoms with Gasteiger partial charge in [-0.1, -0.05) is 18.2 Å². The van der Waals surface area contributed by atoms with Crippen LogP contribution in [-0.2, 0) is 19.5 Å². The van der Waals surface area contributed by atoms with Crippen molar-refractivity contribution in [2.24, 2.45) is 0 Å². The summed E-state index contributed by atoms with van der Waals surface area (Å²) >= 11 is 0. The first kappa shape index (κ1) is 13.6. The lowest BCUT2D eigenvalue weighted by Crippen LogP contribution is -2.26. The molecule has 0 atom stereocenters. The van der Waals surface area contributed by atoms with Gasteiger partial charge in [-0.15, -0.1) is 0 Å². The van der Waals surface area contributed by atoms with Crippen molar-refractivity contribution < 1.29 is 17.9 Å². The van der Waals surface area contributed by atoms with Crippen LogP contribution in [0, 0.1) is 0 Å². The van der Waals surface area contributed by atoms with Gasteiger partial charge in [-0.2, -0.15) is 0 Å². The summed E-state index contributed by atoms with van der Waals surface area (Å²) in [5, 5.41) is 0. The number of hydrogen-bond donors (Lipinski definition) is 0. The number of rotatable bonds is 4. The lowest BCUT2D eigenvalue weighted by Gasteiger charge is -2.24. The molecule has 100 valence electrons. The largest absolute Gasteiger partial charge is 0.490 e. The summed E-state index contributed by atoms with van der Waals surface area (Å²) in [6.07, 6.45) is 1.72. The van der Waals surface area contributed by atoms with E-state index in [1.807, 2.05) is 6.07 Å². The Hall–Kier alpha value is -0.780. The molecule has 0 amide bonds. The number of benzene rings is 1. The van der Waals surface area contributed by atoms with Gasteiger partial charge in [-0.05, 0) is 6.07 Å². The molecule has 18 heavy (non-hydrogen) atoms. The van der Waals surface area contributed by atoms with Gasteiger partial charge in [0.25, 0.3) is 0 Å². The maximum Gasteiger partial charge on any atom is 0.236 e. The molecule has 0 spiro atoms. The predicted molar refractivity (Wildman–Crippen MR) is 69.4 cm³/mol.